The van der Waals surface area contributed by atoms with E-state index in [1.807, 2.05) is 35.8 Å². The lowest BCUT2D eigenvalue weighted by Gasteiger charge is -2.30. The van der Waals surface area contributed by atoms with Gasteiger partial charge in [0, 0.05) is 32.3 Å². The number of nitrogens with one attached hydrogen (secondary N) is 2. The summed E-state index contributed by atoms with van der Waals surface area (Å²) in [5.41, 5.74) is 0.892. The minimum atomic E-state index is 0. The zero-order valence-electron chi connectivity index (χ0n) is 15.8. The predicted molar refractivity (Wildman–Crippen MR) is 117 cm³/mol. The summed E-state index contributed by atoms with van der Waals surface area (Å²) in [4.78, 5) is 4.37. The van der Waals surface area contributed by atoms with Crippen molar-refractivity contribution >= 4 is 35.6 Å². The van der Waals surface area contributed by atoms with Gasteiger partial charge in [0.2, 0.25) is 0 Å². The average Bonchev–Trinajstić information content (AvgIpc) is 3.06. The molecule has 0 atom stereocenters. The maximum Gasteiger partial charge on any atom is 0.191 e. The number of rotatable bonds is 6. The monoisotopic (exact) mass is 470 g/mol. The van der Waals surface area contributed by atoms with Crippen LogP contribution in [0.1, 0.15) is 51.3 Å². The number of halogens is 1. The van der Waals surface area contributed by atoms with Gasteiger partial charge in [-0.15, -0.1) is 34.2 Å². The Morgan fingerprint density at radius 2 is 2.04 bits per heavy atom. The summed E-state index contributed by atoms with van der Waals surface area (Å²) in [6.45, 7) is 3.08. The van der Waals surface area contributed by atoms with Crippen molar-refractivity contribution in [2.75, 3.05) is 13.6 Å². The predicted octanol–water partition coefficient (Wildman–Crippen LogP) is 3.41. The van der Waals surface area contributed by atoms with Crippen LogP contribution in [0.25, 0.3) is 5.65 Å². The second kappa shape index (κ2) is 10.7. The molecule has 0 aliphatic heterocycles. The second-order valence-electron chi connectivity index (χ2n) is 6.94. The molecule has 7 heteroatoms. The van der Waals surface area contributed by atoms with Crippen LogP contribution in [0, 0.1) is 5.92 Å². The van der Waals surface area contributed by atoms with Gasteiger partial charge in [-0.05, 0) is 43.7 Å². The van der Waals surface area contributed by atoms with Crippen LogP contribution in [0.5, 0.6) is 0 Å². The molecule has 2 N–H and O–H groups in total. The van der Waals surface area contributed by atoms with Crippen LogP contribution in [0.15, 0.2) is 29.4 Å². The molecule has 2 heterocycles. The standard InChI is InChI=1S/C19H30N6.HI/c1-3-6-15-8-10-16(11-9-15)22-19(20-2)21-13-12-18-24-23-17-7-4-5-14-25(17)18;/h4-5,7,14-16H,3,6,8-13H2,1-2H3,(H2,20,21,22);1H. The van der Waals surface area contributed by atoms with E-state index in [-0.39, 0.29) is 24.0 Å². The zero-order chi connectivity index (χ0) is 17.5. The van der Waals surface area contributed by atoms with Crippen molar-refractivity contribution < 1.29 is 0 Å². The van der Waals surface area contributed by atoms with E-state index in [4.69, 9.17) is 0 Å². The number of pyridine rings is 1. The minimum absolute atomic E-state index is 0. The largest absolute Gasteiger partial charge is 0.356 e. The number of aromatic nitrogens is 3. The van der Waals surface area contributed by atoms with Crippen molar-refractivity contribution in [3.05, 3.63) is 30.2 Å². The third-order valence-electron chi connectivity index (χ3n) is 5.13. The van der Waals surface area contributed by atoms with Crippen LogP contribution in [-0.4, -0.2) is 40.2 Å². The lowest BCUT2D eigenvalue weighted by Crippen LogP contribution is -2.45. The molecule has 0 aromatic carbocycles. The summed E-state index contributed by atoms with van der Waals surface area (Å²) >= 11 is 0. The Bertz CT molecular complexity index is 690. The van der Waals surface area contributed by atoms with Gasteiger partial charge in [-0.1, -0.05) is 25.8 Å². The van der Waals surface area contributed by atoms with E-state index in [0.717, 1.165) is 36.3 Å². The third-order valence-corrected chi connectivity index (χ3v) is 5.13. The van der Waals surface area contributed by atoms with Crippen LogP contribution in [0.4, 0.5) is 0 Å². The highest BCUT2D eigenvalue weighted by Gasteiger charge is 2.21. The maximum absolute atomic E-state index is 4.37. The second-order valence-corrected chi connectivity index (χ2v) is 6.94. The lowest BCUT2D eigenvalue weighted by atomic mass is 9.83. The van der Waals surface area contributed by atoms with E-state index in [0.29, 0.717) is 6.04 Å². The van der Waals surface area contributed by atoms with E-state index >= 15 is 0 Å². The topological polar surface area (TPSA) is 66.6 Å². The summed E-state index contributed by atoms with van der Waals surface area (Å²) in [5.74, 6) is 2.80. The molecule has 1 fully saturated rings. The highest BCUT2D eigenvalue weighted by Crippen LogP contribution is 2.27. The van der Waals surface area contributed by atoms with E-state index in [1.54, 1.807) is 0 Å². The minimum Gasteiger partial charge on any atom is -0.356 e. The Morgan fingerprint density at radius 1 is 1.23 bits per heavy atom. The molecule has 1 aliphatic carbocycles. The summed E-state index contributed by atoms with van der Waals surface area (Å²) in [7, 11) is 1.84. The molecule has 26 heavy (non-hydrogen) atoms. The van der Waals surface area contributed by atoms with Crippen molar-refractivity contribution in [3.8, 4) is 0 Å². The molecule has 0 spiro atoms. The van der Waals surface area contributed by atoms with Gasteiger partial charge in [0.25, 0.3) is 0 Å². The van der Waals surface area contributed by atoms with Crippen molar-refractivity contribution in [1.82, 2.24) is 25.2 Å². The summed E-state index contributed by atoms with van der Waals surface area (Å²) < 4.78 is 2.03. The molecule has 1 saturated carbocycles. The molecule has 1 aliphatic rings. The number of nitrogens with zero attached hydrogens (tertiary/aromatic N) is 4. The molecule has 2 aromatic rings. The van der Waals surface area contributed by atoms with Gasteiger partial charge in [-0.25, -0.2) is 0 Å². The fraction of sp³-hybridized carbons (Fsp3) is 0.632. The van der Waals surface area contributed by atoms with Gasteiger partial charge in [0.1, 0.15) is 5.82 Å². The van der Waals surface area contributed by atoms with Crippen molar-refractivity contribution in [2.45, 2.75) is 57.9 Å². The highest BCUT2D eigenvalue weighted by atomic mass is 127. The Morgan fingerprint density at radius 3 is 2.77 bits per heavy atom. The molecule has 0 unspecified atom stereocenters. The van der Waals surface area contributed by atoms with Crippen LogP contribution in [0.2, 0.25) is 0 Å². The van der Waals surface area contributed by atoms with E-state index in [1.165, 1.54) is 38.5 Å². The smallest absolute Gasteiger partial charge is 0.191 e. The summed E-state index contributed by atoms with van der Waals surface area (Å²) in [6.07, 6.45) is 10.7. The van der Waals surface area contributed by atoms with Crippen molar-refractivity contribution in [3.63, 3.8) is 0 Å². The molecular weight excluding hydrogens is 439 g/mol. The van der Waals surface area contributed by atoms with Crippen LogP contribution in [-0.2, 0) is 6.42 Å². The van der Waals surface area contributed by atoms with Crippen LogP contribution >= 0.6 is 24.0 Å². The lowest BCUT2D eigenvalue weighted by molar-refractivity contribution is 0.295. The quantitative estimate of drug-likeness (QED) is 0.386. The number of hydrogen-bond donors (Lipinski definition) is 2. The van der Waals surface area contributed by atoms with E-state index in [9.17, 15) is 0 Å². The number of fused-ring (bicyclic) bond motifs is 1. The molecular formula is C19H31IN6. The molecule has 0 saturated heterocycles. The molecule has 2 aromatic heterocycles. The van der Waals surface area contributed by atoms with Crippen LogP contribution < -0.4 is 10.6 Å². The van der Waals surface area contributed by atoms with Crippen LogP contribution in [0.3, 0.4) is 0 Å². The maximum atomic E-state index is 4.37. The Kier molecular flexibility index (Phi) is 8.61. The number of aliphatic imine (C=N–C) groups is 1. The first kappa shape index (κ1) is 20.9. The number of guanidine groups is 1. The SMILES string of the molecule is CCCC1CCC(NC(=NC)NCCc2nnc3ccccn23)CC1.I. The Balaban J connectivity index is 0.00000243. The first-order valence-corrected chi connectivity index (χ1v) is 9.56. The van der Waals surface area contributed by atoms with Gasteiger partial charge < -0.3 is 10.6 Å². The third kappa shape index (κ3) is 5.56. The van der Waals surface area contributed by atoms with Gasteiger partial charge in [0.15, 0.2) is 11.6 Å². The highest BCUT2D eigenvalue weighted by molar-refractivity contribution is 14.0. The molecule has 0 amide bonds. The van der Waals surface area contributed by atoms with E-state index < -0.39 is 0 Å². The molecule has 144 valence electrons. The van der Waals surface area contributed by atoms with E-state index in [2.05, 4.69) is 32.7 Å². The summed E-state index contributed by atoms with van der Waals surface area (Å²) in [6, 6.07) is 6.50. The first-order chi connectivity index (χ1) is 12.3. The van der Waals surface area contributed by atoms with Crippen molar-refractivity contribution in [2.24, 2.45) is 10.9 Å². The molecule has 3 rings (SSSR count). The zero-order valence-corrected chi connectivity index (χ0v) is 18.1. The fourth-order valence-corrected chi connectivity index (χ4v) is 3.75. The van der Waals surface area contributed by atoms with Gasteiger partial charge in [-0.3, -0.25) is 9.39 Å². The Hall–Kier alpha value is -1.38. The average molecular weight is 470 g/mol. The normalized spacial score (nSPS) is 20.6. The Labute approximate surface area is 173 Å². The molecule has 0 bridgehead atoms. The van der Waals surface area contributed by atoms with Gasteiger partial charge in [0.05, 0.1) is 0 Å². The number of hydrogen-bond acceptors (Lipinski definition) is 3. The van der Waals surface area contributed by atoms with Crippen molar-refractivity contribution in [1.29, 1.82) is 0 Å². The first-order valence-electron chi connectivity index (χ1n) is 9.56. The molecule has 6 nitrogen and oxygen atoms in total. The molecule has 0 radical (unpaired) electrons. The summed E-state index contributed by atoms with van der Waals surface area (Å²) in [5, 5.41) is 15.5. The van der Waals surface area contributed by atoms with Gasteiger partial charge >= 0.3 is 0 Å². The van der Waals surface area contributed by atoms with Gasteiger partial charge in [-0.2, -0.15) is 0 Å². The fourth-order valence-electron chi connectivity index (χ4n) is 3.75.